The number of anilines is 2. The van der Waals surface area contributed by atoms with Crippen molar-refractivity contribution in [2.45, 2.75) is 0 Å². The van der Waals surface area contributed by atoms with E-state index in [2.05, 4.69) is 21.4 Å². The number of carbonyl (C=O) groups excluding carboxylic acids is 1. The van der Waals surface area contributed by atoms with Crippen LogP contribution in [0.15, 0.2) is 48.5 Å². The van der Waals surface area contributed by atoms with Crippen LogP contribution in [0, 0.1) is 11.3 Å². The fourth-order valence-electron chi connectivity index (χ4n) is 1.90. The normalized spacial score (nSPS) is 9.57. The Bertz CT molecular complexity index is 710. The van der Waals surface area contributed by atoms with Gasteiger partial charge in [-0.1, -0.05) is 12.1 Å². The van der Waals surface area contributed by atoms with Gasteiger partial charge in [0.15, 0.2) is 0 Å². The van der Waals surface area contributed by atoms with Gasteiger partial charge in [0.1, 0.15) is 12.4 Å². The summed E-state index contributed by atoms with van der Waals surface area (Å²) in [6.45, 7) is 1.03. The van der Waals surface area contributed by atoms with Gasteiger partial charge in [0.2, 0.25) is 0 Å². The molecule has 0 aliphatic carbocycles. The second-order valence-electron chi connectivity index (χ2n) is 4.61. The van der Waals surface area contributed by atoms with E-state index in [1.807, 2.05) is 18.2 Å². The summed E-state index contributed by atoms with van der Waals surface area (Å²) in [7, 11) is 1.32. The van der Waals surface area contributed by atoms with E-state index in [1.165, 1.54) is 7.11 Å². The van der Waals surface area contributed by atoms with Gasteiger partial charge in [-0.05, 0) is 36.4 Å². The number of nitriles is 1. The average molecular weight is 311 g/mol. The highest BCUT2D eigenvalue weighted by atomic mass is 16.5. The molecule has 23 heavy (non-hydrogen) atoms. The molecule has 2 rings (SSSR count). The molecule has 0 spiro atoms. The van der Waals surface area contributed by atoms with Crippen LogP contribution < -0.4 is 15.4 Å². The van der Waals surface area contributed by atoms with E-state index in [4.69, 9.17) is 10.00 Å². The largest absolute Gasteiger partial charge is 0.492 e. The summed E-state index contributed by atoms with van der Waals surface area (Å²) < 4.78 is 10.1. The minimum Gasteiger partial charge on any atom is -0.492 e. The Morgan fingerprint density at radius 2 is 1.96 bits per heavy atom. The average Bonchev–Trinajstić information content (AvgIpc) is 2.59. The Kier molecular flexibility index (Phi) is 5.83. The predicted molar refractivity (Wildman–Crippen MR) is 87.6 cm³/mol. The summed E-state index contributed by atoms with van der Waals surface area (Å²) in [6, 6.07) is 16.4. The molecule has 0 radical (unpaired) electrons. The van der Waals surface area contributed by atoms with E-state index in [9.17, 15) is 4.79 Å². The van der Waals surface area contributed by atoms with Crippen molar-refractivity contribution in [2.24, 2.45) is 0 Å². The number of hydrogen-bond donors (Lipinski definition) is 2. The predicted octanol–water partition coefficient (Wildman–Crippen LogP) is 3.23. The molecule has 1 amide bonds. The molecule has 0 atom stereocenters. The van der Waals surface area contributed by atoms with Crippen LogP contribution in [0.1, 0.15) is 5.56 Å². The smallest absolute Gasteiger partial charge is 0.411 e. The molecule has 6 heteroatoms. The van der Waals surface area contributed by atoms with Crippen molar-refractivity contribution in [2.75, 3.05) is 30.9 Å². The Morgan fingerprint density at radius 3 is 2.74 bits per heavy atom. The zero-order valence-corrected chi connectivity index (χ0v) is 12.7. The lowest BCUT2D eigenvalue weighted by molar-refractivity contribution is 0.187. The van der Waals surface area contributed by atoms with Gasteiger partial charge >= 0.3 is 6.09 Å². The van der Waals surface area contributed by atoms with Crippen molar-refractivity contribution in [3.05, 3.63) is 54.1 Å². The highest BCUT2D eigenvalue weighted by Crippen LogP contribution is 2.15. The Hall–Kier alpha value is -3.20. The maximum absolute atomic E-state index is 11.2. The fourth-order valence-corrected chi connectivity index (χ4v) is 1.90. The van der Waals surface area contributed by atoms with E-state index in [-0.39, 0.29) is 0 Å². The van der Waals surface area contributed by atoms with E-state index in [0.29, 0.717) is 30.2 Å². The van der Waals surface area contributed by atoms with Crippen molar-refractivity contribution in [3.8, 4) is 11.8 Å². The fraction of sp³-hybridized carbons (Fsp3) is 0.176. The first-order chi connectivity index (χ1) is 11.2. The second kappa shape index (κ2) is 8.29. The molecule has 6 nitrogen and oxygen atoms in total. The lowest BCUT2D eigenvalue weighted by Gasteiger charge is -2.10. The summed E-state index contributed by atoms with van der Waals surface area (Å²) in [4.78, 5) is 11.2. The first kappa shape index (κ1) is 16.2. The number of hydrogen-bond acceptors (Lipinski definition) is 5. The third-order valence-corrected chi connectivity index (χ3v) is 2.96. The van der Waals surface area contributed by atoms with Crippen LogP contribution in [-0.2, 0) is 4.74 Å². The van der Waals surface area contributed by atoms with Crippen molar-refractivity contribution in [1.82, 2.24) is 0 Å². The molecule has 2 aromatic rings. The van der Waals surface area contributed by atoms with Crippen LogP contribution in [0.25, 0.3) is 0 Å². The van der Waals surface area contributed by atoms with Gasteiger partial charge in [-0.25, -0.2) is 4.79 Å². The number of methoxy groups -OCH3 is 1. The molecule has 0 fully saturated rings. The van der Waals surface area contributed by atoms with Gasteiger partial charge < -0.3 is 14.8 Å². The van der Waals surface area contributed by atoms with Crippen LogP contribution in [0.3, 0.4) is 0 Å². The monoisotopic (exact) mass is 311 g/mol. The Labute approximate surface area is 134 Å². The molecule has 2 aromatic carbocycles. The molecule has 0 unspecified atom stereocenters. The van der Waals surface area contributed by atoms with Gasteiger partial charge in [0.25, 0.3) is 0 Å². The minimum absolute atomic E-state index is 0.448. The van der Waals surface area contributed by atoms with Crippen LogP contribution in [0.2, 0.25) is 0 Å². The second-order valence-corrected chi connectivity index (χ2v) is 4.61. The van der Waals surface area contributed by atoms with E-state index in [1.54, 1.807) is 30.3 Å². The first-order valence-corrected chi connectivity index (χ1v) is 7.03. The number of nitrogens with one attached hydrogen (secondary N) is 2. The number of carbonyl (C=O) groups is 1. The van der Waals surface area contributed by atoms with E-state index >= 15 is 0 Å². The molecule has 0 saturated carbocycles. The number of amides is 1. The number of ether oxygens (including phenoxy) is 2. The number of nitrogens with zero attached hydrogens (tertiary/aromatic N) is 1. The molecule has 0 aliphatic heterocycles. The van der Waals surface area contributed by atoms with Crippen LogP contribution in [0.4, 0.5) is 16.2 Å². The molecular formula is C17H17N3O3. The standard InChI is InChI=1S/C17H17N3O3/c1-22-17(21)20-15-6-3-5-14(11-15)19-8-9-23-16-7-2-4-13(10-16)12-18/h2-7,10-11,19H,8-9H2,1H3,(H,20,21). The van der Waals surface area contributed by atoms with Crippen molar-refractivity contribution < 1.29 is 14.3 Å². The van der Waals surface area contributed by atoms with Gasteiger partial charge in [-0.2, -0.15) is 5.26 Å². The van der Waals surface area contributed by atoms with Crippen molar-refractivity contribution in [3.63, 3.8) is 0 Å². The zero-order chi connectivity index (χ0) is 16.5. The van der Waals surface area contributed by atoms with E-state index < -0.39 is 6.09 Å². The molecule has 0 bridgehead atoms. The number of rotatable bonds is 6. The highest BCUT2D eigenvalue weighted by molar-refractivity contribution is 5.85. The van der Waals surface area contributed by atoms with Gasteiger partial charge in [-0.3, -0.25) is 5.32 Å². The molecule has 0 aromatic heterocycles. The summed E-state index contributed by atoms with van der Waals surface area (Å²) in [5.74, 6) is 0.659. The summed E-state index contributed by atoms with van der Waals surface area (Å²) >= 11 is 0. The molecule has 0 heterocycles. The SMILES string of the molecule is COC(=O)Nc1cccc(NCCOc2cccc(C#N)c2)c1. The molecule has 2 N–H and O–H groups in total. The summed E-state index contributed by atoms with van der Waals surface area (Å²) in [6.07, 6.45) is -0.511. The third-order valence-electron chi connectivity index (χ3n) is 2.96. The van der Waals surface area contributed by atoms with Crippen LogP contribution >= 0.6 is 0 Å². The van der Waals surface area contributed by atoms with Gasteiger partial charge in [-0.15, -0.1) is 0 Å². The quantitative estimate of drug-likeness (QED) is 0.800. The van der Waals surface area contributed by atoms with E-state index in [0.717, 1.165) is 5.69 Å². The van der Waals surface area contributed by atoms with Crippen LogP contribution in [-0.4, -0.2) is 26.4 Å². The zero-order valence-electron chi connectivity index (χ0n) is 12.7. The van der Waals surface area contributed by atoms with Crippen LogP contribution in [0.5, 0.6) is 5.75 Å². The van der Waals surface area contributed by atoms with Gasteiger partial charge in [0.05, 0.1) is 18.7 Å². The molecule has 118 valence electrons. The lowest BCUT2D eigenvalue weighted by atomic mass is 10.2. The molecule has 0 saturated heterocycles. The van der Waals surface area contributed by atoms with Crippen molar-refractivity contribution in [1.29, 1.82) is 5.26 Å². The maximum atomic E-state index is 11.2. The topological polar surface area (TPSA) is 83.4 Å². The van der Waals surface area contributed by atoms with Gasteiger partial charge in [0, 0.05) is 17.9 Å². The lowest BCUT2D eigenvalue weighted by Crippen LogP contribution is -2.13. The Balaban J connectivity index is 1.81. The molecule has 0 aliphatic rings. The minimum atomic E-state index is -0.511. The highest BCUT2D eigenvalue weighted by Gasteiger charge is 2.01. The van der Waals surface area contributed by atoms with Crippen molar-refractivity contribution >= 4 is 17.5 Å². The Morgan fingerprint density at radius 1 is 1.17 bits per heavy atom. The summed E-state index contributed by atoms with van der Waals surface area (Å²) in [5.41, 5.74) is 2.06. The summed E-state index contributed by atoms with van der Waals surface area (Å²) in [5, 5.41) is 14.6. The first-order valence-electron chi connectivity index (χ1n) is 7.03. The molecular weight excluding hydrogens is 294 g/mol. The number of benzene rings is 2. The maximum Gasteiger partial charge on any atom is 0.411 e. The third kappa shape index (κ3) is 5.25.